The molecule has 1 saturated carbocycles. The molecule has 9 nitrogen and oxygen atoms in total. The van der Waals surface area contributed by atoms with Crippen LogP contribution in [0.25, 0.3) is 10.9 Å². The summed E-state index contributed by atoms with van der Waals surface area (Å²) in [4.78, 5) is 17.6. The largest absolute Gasteiger partial charge is 0.497 e. The number of hydrogen-bond donors (Lipinski definition) is 4. The Morgan fingerprint density at radius 1 is 1.08 bits per heavy atom. The Hall–Kier alpha value is -4.11. The van der Waals surface area contributed by atoms with E-state index in [2.05, 4.69) is 31.9 Å². The van der Waals surface area contributed by atoms with Gasteiger partial charge in [0.1, 0.15) is 11.4 Å². The number of aliphatic hydroxyl groups is 1. The maximum Gasteiger partial charge on any atom is 0.235 e. The number of anilines is 3. The number of carbonyl (C=O) groups is 1. The highest BCUT2D eigenvalue weighted by atomic mass is 16.5. The third-order valence-corrected chi connectivity index (χ3v) is 7.25. The van der Waals surface area contributed by atoms with Gasteiger partial charge in [-0.25, -0.2) is 4.98 Å². The highest BCUT2D eigenvalue weighted by Gasteiger charge is 2.65. The monoisotopic (exact) mass is 485 g/mol. The SMILES string of the molecule is COc1ccc2c(c1)[C@]1(C[C@H]1c1ccc3c(Nc4nc(C(C)(C)O)ccc4OC)n[nH]c3c1)C(=O)N2. The standard InChI is InChI=1S/C27H27N5O4/c1-26(2,34)22-10-9-21(36-4)24(29-22)30-23-16-7-5-14(11-20(16)31-32-23)18-13-27(18)17-12-15(35-3)6-8-19(17)28-25(27)33/h5-12,18,34H,13H2,1-4H3,(H,28,33)(H2,29,30,31,32)/t18-,27-/m0/s1. The van der Waals surface area contributed by atoms with Gasteiger partial charge in [0.25, 0.3) is 0 Å². The molecule has 1 spiro atoms. The highest BCUT2D eigenvalue weighted by Crippen LogP contribution is 2.65. The van der Waals surface area contributed by atoms with Crippen molar-refractivity contribution >= 4 is 34.1 Å². The van der Waals surface area contributed by atoms with Crippen LogP contribution in [0, 0.1) is 0 Å². The normalized spacial score (nSPS) is 20.4. The summed E-state index contributed by atoms with van der Waals surface area (Å²) in [7, 11) is 3.20. The van der Waals surface area contributed by atoms with E-state index in [0.717, 1.165) is 39.9 Å². The minimum Gasteiger partial charge on any atom is -0.497 e. The van der Waals surface area contributed by atoms with Crippen molar-refractivity contribution < 1.29 is 19.4 Å². The Bertz CT molecular complexity index is 1520. The molecule has 6 rings (SSSR count). The van der Waals surface area contributed by atoms with Crippen molar-refractivity contribution in [1.29, 1.82) is 0 Å². The quantitative estimate of drug-likeness (QED) is 0.321. The number of rotatable bonds is 6. The maximum absolute atomic E-state index is 13.0. The summed E-state index contributed by atoms with van der Waals surface area (Å²) >= 11 is 0. The van der Waals surface area contributed by atoms with Crippen molar-refractivity contribution in [3.8, 4) is 11.5 Å². The summed E-state index contributed by atoms with van der Waals surface area (Å²) in [6, 6.07) is 15.3. The molecule has 1 amide bonds. The molecule has 9 heteroatoms. The van der Waals surface area contributed by atoms with Crippen LogP contribution in [0.4, 0.5) is 17.3 Å². The van der Waals surface area contributed by atoms with Gasteiger partial charge in [-0.2, -0.15) is 5.10 Å². The summed E-state index contributed by atoms with van der Waals surface area (Å²) in [5.74, 6) is 2.44. The number of aromatic amines is 1. The van der Waals surface area contributed by atoms with Crippen molar-refractivity contribution in [3.05, 3.63) is 65.4 Å². The summed E-state index contributed by atoms with van der Waals surface area (Å²) in [6.45, 7) is 3.36. The van der Waals surface area contributed by atoms with Gasteiger partial charge in [-0.3, -0.25) is 9.89 Å². The average Bonchev–Trinajstić information content (AvgIpc) is 3.42. The van der Waals surface area contributed by atoms with Crippen molar-refractivity contribution in [2.45, 2.75) is 37.2 Å². The van der Waals surface area contributed by atoms with Crippen LogP contribution >= 0.6 is 0 Å². The second-order valence-electron chi connectivity index (χ2n) is 9.90. The number of benzene rings is 2. The fourth-order valence-electron chi connectivity index (χ4n) is 5.20. The van der Waals surface area contributed by atoms with E-state index in [1.165, 1.54) is 0 Å². The molecule has 4 aromatic rings. The van der Waals surface area contributed by atoms with Crippen molar-refractivity contribution in [2.75, 3.05) is 24.9 Å². The predicted octanol–water partition coefficient (Wildman–Crippen LogP) is 4.32. The van der Waals surface area contributed by atoms with Gasteiger partial charge < -0.3 is 25.2 Å². The van der Waals surface area contributed by atoms with Crippen LogP contribution in [-0.2, 0) is 15.8 Å². The number of amides is 1. The molecular weight excluding hydrogens is 458 g/mol. The first-order valence-corrected chi connectivity index (χ1v) is 11.8. The molecular formula is C27H27N5O4. The van der Waals surface area contributed by atoms with Gasteiger partial charge >= 0.3 is 0 Å². The van der Waals surface area contributed by atoms with Gasteiger partial charge in [0.15, 0.2) is 17.4 Å². The Labute approximate surface area is 207 Å². The number of H-pyrrole nitrogens is 1. The van der Waals surface area contributed by atoms with Crippen LogP contribution < -0.4 is 20.1 Å². The molecule has 0 unspecified atom stereocenters. The number of nitrogens with zero attached hydrogens (tertiary/aromatic N) is 2. The van der Waals surface area contributed by atoms with Crippen LogP contribution in [0.5, 0.6) is 11.5 Å². The number of ether oxygens (including phenoxy) is 2. The van der Waals surface area contributed by atoms with Gasteiger partial charge in [0.05, 0.1) is 30.8 Å². The van der Waals surface area contributed by atoms with Crippen molar-refractivity contribution in [1.82, 2.24) is 15.2 Å². The first-order valence-electron chi connectivity index (χ1n) is 11.8. The summed E-state index contributed by atoms with van der Waals surface area (Å²) in [5.41, 5.74) is 2.62. The zero-order valence-corrected chi connectivity index (χ0v) is 20.5. The molecule has 2 atom stereocenters. The molecule has 0 radical (unpaired) electrons. The summed E-state index contributed by atoms with van der Waals surface area (Å²) < 4.78 is 10.9. The molecule has 36 heavy (non-hydrogen) atoms. The second-order valence-corrected chi connectivity index (χ2v) is 9.90. The molecule has 4 N–H and O–H groups in total. The van der Waals surface area contributed by atoms with Gasteiger partial charge in [0, 0.05) is 17.0 Å². The van der Waals surface area contributed by atoms with E-state index >= 15 is 0 Å². The smallest absolute Gasteiger partial charge is 0.235 e. The molecule has 184 valence electrons. The first kappa shape index (κ1) is 22.4. The van der Waals surface area contributed by atoms with Crippen LogP contribution in [-0.4, -0.2) is 40.4 Å². The number of nitrogens with one attached hydrogen (secondary N) is 3. The Morgan fingerprint density at radius 3 is 2.67 bits per heavy atom. The minimum absolute atomic E-state index is 0.0349. The number of methoxy groups -OCH3 is 2. The number of hydrogen-bond acceptors (Lipinski definition) is 7. The van der Waals surface area contributed by atoms with Gasteiger partial charge in [-0.05, 0) is 73.9 Å². The number of aromatic nitrogens is 3. The van der Waals surface area contributed by atoms with E-state index < -0.39 is 11.0 Å². The maximum atomic E-state index is 13.0. The number of fused-ring (bicyclic) bond motifs is 3. The fourth-order valence-corrected chi connectivity index (χ4v) is 5.20. The third-order valence-electron chi connectivity index (χ3n) is 7.25. The Balaban J connectivity index is 1.32. The molecule has 2 aromatic carbocycles. The Morgan fingerprint density at radius 2 is 1.92 bits per heavy atom. The van der Waals surface area contributed by atoms with Crippen LogP contribution in [0.15, 0.2) is 48.5 Å². The molecule has 0 bridgehead atoms. The summed E-state index contributed by atoms with van der Waals surface area (Å²) in [6.07, 6.45) is 0.745. The molecule has 2 aliphatic rings. The molecule has 3 heterocycles. The van der Waals surface area contributed by atoms with Gasteiger partial charge in [0.2, 0.25) is 5.91 Å². The van der Waals surface area contributed by atoms with E-state index in [-0.39, 0.29) is 11.8 Å². The van der Waals surface area contributed by atoms with Crippen LogP contribution in [0.1, 0.15) is 43.0 Å². The lowest BCUT2D eigenvalue weighted by molar-refractivity contribution is -0.118. The first-order chi connectivity index (χ1) is 17.2. The molecule has 1 fully saturated rings. The van der Waals surface area contributed by atoms with E-state index in [0.29, 0.717) is 23.1 Å². The van der Waals surface area contributed by atoms with E-state index in [4.69, 9.17) is 9.47 Å². The minimum atomic E-state index is -1.10. The average molecular weight is 486 g/mol. The third kappa shape index (κ3) is 3.30. The predicted molar refractivity (Wildman–Crippen MR) is 136 cm³/mol. The fraction of sp³-hybridized carbons (Fsp3) is 0.296. The lowest BCUT2D eigenvalue weighted by Gasteiger charge is -2.18. The number of carbonyl (C=O) groups excluding carboxylic acids is 1. The second kappa shape index (κ2) is 7.69. The summed E-state index contributed by atoms with van der Waals surface area (Å²) in [5, 5.41) is 25.1. The van der Waals surface area contributed by atoms with Crippen molar-refractivity contribution in [2.24, 2.45) is 0 Å². The molecule has 0 saturated heterocycles. The topological polar surface area (TPSA) is 121 Å². The zero-order chi connectivity index (χ0) is 25.2. The van der Waals surface area contributed by atoms with Crippen LogP contribution in [0.2, 0.25) is 0 Å². The molecule has 1 aliphatic carbocycles. The lowest BCUT2D eigenvalue weighted by Crippen LogP contribution is -2.21. The van der Waals surface area contributed by atoms with Crippen LogP contribution in [0.3, 0.4) is 0 Å². The molecule has 1 aliphatic heterocycles. The molecule has 2 aromatic heterocycles. The van der Waals surface area contributed by atoms with Gasteiger partial charge in [-0.1, -0.05) is 6.07 Å². The highest BCUT2D eigenvalue weighted by molar-refractivity contribution is 6.10. The van der Waals surface area contributed by atoms with E-state index in [1.807, 2.05) is 30.3 Å². The Kier molecular flexibility index (Phi) is 4.78. The van der Waals surface area contributed by atoms with Crippen molar-refractivity contribution in [3.63, 3.8) is 0 Å². The number of pyridine rings is 1. The lowest BCUT2D eigenvalue weighted by atomic mass is 9.91. The zero-order valence-electron chi connectivity index (χ0n) is 20.5. The van der Waals surface area contributed by atoms with E-state index in [9.17, 15) is 9.90 Å². The van der Waals surface area contributed by atoms with Gasteiger partial charge in [-0.15, -0.1) is 0 Å². The van der Waals surface area contributed by atoms with E-state index in [1.54, 1.807) is 40.2 Å².